The van der Waals surface area contributed by atoms with Crippen LogP contribution in [0.5, 0.6) is 35.0 Å². The number of carbonyl (C=O) groups excluding carboxylic acids is 1. The molecule has 2 aromatic carbocycles. The first kappa shape index (κ1) is 56.7. The largest absolute Gasteiger partial charge is 0.494 e. The first-order valence-corrected chi connectivity index (χ1v) is 27.4. The van der Waals surface area contributed by atoms with Crippen LogP contribution in [0.1, 0.15) is 19.8 Å². The Balaban J connectivity index is 0.938. The molecule has 1 aliphatic rings. The number of benzene rings is 2. The molecule has 4 N–H and O–H groups in total. The average molecular weight is 1280 g/mol. The lowest BCUT2D eigenvalue weighted by Gasteiger charge is -2.45. The molecule has 22 nitrogen and oxygen atoms in total. The van der Waals surface area contributed by atoms with Crippen molar-refractivity contribution in [1.82, 2.24) is 24.9 Å². The number of methoxy groups -OCH3 is 1. The predicted octanol–water partition coefficient (Wildman–Crippen LogP) is 6.10. The number of piperazine rings is 1. The number of hydrogen-bond acceptors (Lipinski definition) is 18. The van der Waals surface area contributed by atoms with Gasteiger partial charge in [-0.15, -0.1) is 4.98 Å². The summed E-state index contributed by atoms with van der Waals surface area (Å²) in [6.07, 6.45) is 4.25. The van der Waals surface area contributed by atoms with E-state index in [1.807, 2.05) is 17.0 Å². The van der Waals surface area contributed by atoms with Crippen molar-refractivity contribution in [3.63, 3.8) is 0 Å². The van der Waals surface area contributed by atoms with Gasteiger partial charge >= 0.3 is 18.0 Å². The molecule has 3 aromatic heterocycles. The van der Waals surface area contributed by atoms with E-state index in [-0.39, 0.29) is 64.0 Å². The number of halogens is 4. The summed E-state index contributed by atoms with van der Waals surface area (Å²) in [6.45, 7) is 8.00. The van der Waals surface area contributed by atoms with Crippen LogP contribution in [-0.4, -0.2) is 191 Å². The van der Waals surface area contributed by atoms with Crippen molar-refractivity contribution in [2.75, 3.05) is 143 Å². The summed E-state index contributed by atoms with van der Waals surface area (Å²) in [5, 5.41) is 11.1. The van der Waals surface area contributed by atoms with Gasteiger partial charge < -0.3 is 71.8 Å². The molecule has 0 atom stereocenters. The summed E-state index contributed by atoms with van der Waals surface area (Å²) in [7, 11) is -2.48. The Hall–Kier alpha value is -3.61. The van der Waals surface area contributed by atoms with Gasteiger partial charge in [-0.25, -0.2) is 0 Å². The molecule has 27 heteroatoms. The number of rotatable bonds is 32. The molecule has 392 valence electrons. The first-order valence-electron chi connectivity index (χ1n) is 22.7. The number of aromatic amines is 2. The molecule has 6 rings (SSSR count). The Kier molecular flexibility index (Phi) is 22.5. The fourth-order valence-electron chi connectivity index (χ4n) is 7.67. The maximum Gasteiger partial charge on any atom is 0.324 e. The molecule has 71 heavy (non-hydrogen) atoms. The van der Waals surface area contributed by atoms with Gasteiger partial charge in [-0.2, -0.15) is 18.4 Å². The third kappa shape index (κ3) is 17.0. The highest BCUT2D eigenvalue weighted by Crippen LogP contribution is 2.44. The van der Waals surface area contributed by atoms with Crippen molar-refractivity contribution < 1.29 is 74.7 Å². The SMILES string of the molecule is COc1c[nH]c2cc(Br)c(OCCOCCOCCOc3nc(OCCOCCOCCOc4c(Br)cc5[nH]cc(OC(C)=O)c5c4Br)nc(N4CC[N+](CCCO)(CCCS(=O)(=O)O)CC4)n3)c(Br)c12. The fraction of sp³-hybridized carbons (Fsp3) is 0.545. The molecule has 1 fully saturated rings. The summed E-state index contributed by atoms with van der Waals surface area (Å²) >= 11 is 14.3. The maximum atomic E-state index is 11.6. The first-order chi connectivity index (χ1) is 34.2. The number of esters is 1. The van der Waals surface area contributed by atoms with Crippen molar-refractivity contribution in [2.45, 2.75) is 19.8 Å². The molecule has 0 aliphatic carbocycles. The Morgan fingerprint density at radius 3 is 1.61 bits per heavy atom. The van der Waals surface area contributed by atoms with Crippen LogP contribution in [0.3, 0.4) is 0 Å². The molecule has 4 heterocycles. The normalized spacial score (nSPS) is 13.8. The predicted molar refractivity (Wildman–Crippen MR) is 275 cm³/mol. The van der Waals surface area contributed by atoms with Crippen LogP contribution in [0, 0.1) is 0 Å². The lowest BCUT2D eigenvalue weighted by atomic mass is 10.2. The zero-order valence-electron chi connectivity index (χ0n) is 39.2. The topological polar surface area (TPSA) is 257 Å². The number of quaternary nitrogens is 1. The lowest BCUT2D eigenvalue weighted by Crippen LogP contribution is -2.61. The third-order valence-electron chi connectivity index (χ3n) is 11.0. The van der Waals surface area contributed by atoms with Gasteiger partial charge in [0.2, 0.25) is 5.95 Å². The van der Waals surface area contributed by atoms with E-state index in [4.69, 9.17) is 47.4 Å². The zero-order valence-corrected chi connectivity index (χ0v) is 46.4. The second kappa shape index (κ2) is 28.2. The van der Waals surface area contributed by atoms with Crippen molar-refractivity contribution in [3.8, 4) is 35.0 Å². The molecular formula is C44H58Br4N7O15S+. The molecular weight excluding hydrogens is 1220 g/mol. The van der Waals surface area contributed by atoms with Crippen molar-refractivity contribution >= 4 is 108 Å². The highest BCUT2D eigenvalue weighted by Gasteiger charge is 2.34. The number of fused-ring (bicyclic) bond motifs is 2. The number of aliphatic hydroxyl groups excluding tert-OH is 1. The van der Waals surface area contributed by atoms with Gasteiger partial charge in [0.15, 0.2) is 5.75 Å². The number of hydrogen-bond donors (Lipinski definition) is 4. The number of aromatic nitrogens is 5. The van der Waals surface area contributed by atoms with Gasteiger partial charge in [0.05, 0.1) is 145 Å². The quantitative estimate of drug-likeness (QED) is 0.0164. The monoisotopic (exact) mass is 1270 g/mol. The van der Waals surface area contributed by atoms with E-state index in [2.05, 4.69) is 88.6 Å². The Morgan fingerprint density at radius 1 is 0.690 bits per heavy atom. The van der Waals surface area contributed by atoms with Crippen molar-refractivity contribution in [2.24, 2.45) is 0 Å². The number of aliphatic hydroxyl groups is 1. The molecule has 0 amide bonds. The second-order valence-electron chi connectivity index (χ2n) is 15.9. The van der Waals surface area contributed by atoms with E-state index in [9.17, 15) is 22.9 Å². The Bertz CT molecular complexity index is 2620. The Morgan fingerprint density at radius 2 is 1.14 bits per heavy atom. The number of anilines is 1. The third-order valence-corrected chi connectivity index (χ3v) is 14.5. The highest BCUT2D eigenvalue weighted by molar-refractivity contribution is 9.11. The van der Waals surface area contributed by atoms with E-state index < -0.39 is 16.1 Å². The number of ether oxygens (including phenoxy) is 10. The average Bonchev–Trinajstić information content (AvgIpc) is 3.94. The molecule has 0 unspecified atom stereocenters. The summed E-state index contributed by atoms with van der Waals surface area (Å²) in [4.78, 5) is 33.4. The number of carbonyl (C=O) groups is 1. The summed E-state index contributed by atoms with van der Waals surface area (Å²) < 4.78 is 93.1. The number of nitrogens with one attached hydrogen (secondary N) is 2. The van der Waals surface area contributed by atoms with E-state index in [0.29, 0.717) is 140 Å². The molecule has 0 bridgehead atoms. The van der Waals surface area contributed by atoms with Gasteiger partial charge in [-0.1, -0.05) is 0 Å². The van der Waals surface area contributed by atoms with Crippen LogP contribution in [0.15, 0.2) is 42.4 Å². The van der Waals surface area contributed by atoms with E-state index >= 15 is 0 Å². The lowest BCUT2D eigenvalue weighted by molar-refractivity contribution is -0.928. The van der Waals surface area contributed by atoms with Crippen LogP contribution in [-0.2, 0) is 33.9 Å². The van der Waals surface area contributed by atoms with E-state index in [1.165, 1.54) is 6.92 Å². The van der Waals surface area contributed by atoms with Crippen LogP contribution < -0.4 is 33.3 Å². The smallest absolute Gasteiger partial charge is 0.324 e. The Labute approximate surface area is 444 Å². The minimum absolute atomic E-state index is 0.0142. The van der Waals surface area contributed by atoms with E-state index in [0.717, 1.165) is 25.4 Å². The van der Waals surface area contributed by atoms with Crippen molar-refractivity contribution in [3.05, 3.63) is 42.4 Å². The molecule has 0 spiro atoms. The number of H-pyrrole nitrogens is 2. The van der Waals surface area contributed by atoms with Gasteiger partial charge in [-0.05, 0) is 75.9 Å². The van der Waals surface area contributed by atoms with Crippen LogP contribution in [0.25, 0.3) is 21.8 Å². The molecule has 5 aromatic rings. The second-order valence-corrected chi connectivity index (χ2v) is 20.8. The number of nitrogens with zero attached hydrogens (tertiary/aromatic N) is 5. The van der Waals surface area contributed by atoms with Crippen LogP contribution >= 0.6 is 63.7 Å². The summed E-state index contributed by atoms with van der Waals surface area (Å²) in [5.41, 5.74) is 1.66. The van der Waals surface area contributed by atoms with Crippen LogP contribution in [0.2, 0.25) is 0 Å². The summed E-state index contributed by atoms with van der Waals surface area (Å²) in [5.74, 6) is 1.86. The standard InChI is InChI=1S/C44H57Br4N7O15S/c1-29(57)70-35-28-50-33-26-31(46)41(39(48)37(33)35)67-21-17-63-13-15-65-19-23-69-44-52-42(54-5-9-55(10-6-54,7-3-11-56)8-4-24-71(58,59)60)51-43(53-44)68-22-18-64-14-12-62-16-20-66-40-30(45)25-32-36(38(40)47)34(61-2)27-49-32/h25-28,49-50,56H,3-24H2,1-2H3/p+1. The summed E-state index contributed by atoms with van der Waals surface area (Å²) in [6, 6.07) is 3.85. The molecule has 1 saturated heterocycles. The van der Waals surface area contributed by atoms with Gasteiger partial charge in [0.25, 0.3) is 10.1 Å². The molecule has 0 radical (unpaired) electrons. The van der Waals surface area contributed by atoms with Gasteiger partial charge in [0, 0.05) is 38.8 Å². The molecule has 0 saturated carbocycles. The zero-order chi connectivity index (χ0) is 50.8. The highest BCUT2D eigenvalue weighted by atomic mass is 79.9. The van der Waals surface area contributed by atoms with Gasteiger partial charge in [0.1, 0.15) is 43.7 Å². The van der Waals surface area contributed by atoms with Crippen LogP contribution in [0.4, 0.5) is 5.95 Å². The minimum Gasteiger partial charge on any atom is -0.494 e. The van der Waals surface area contributed by atoms with Gasteiger partial charge in [-0.3, -0.25) is 9.35 Å². The van der Waals surface area contributed by atoms with E-state index in [1.54, 1.807) is 19.5 Å². The van der Waals surface area contributed by atoms with Crippen molar-refractivity contribution in [1.29, 1.82) is 0 Å². The fourth-order valence-corrected chi connectivity index (χ4v) is 11.3. The molecule has 1 aliphatic heterocycles. The maximum absolute atomic E-state index is 11.6. The minimum atomic E-state index is -4.09.